The van der Waals surface area contributed by atoms with Crippen LogP contribution in [0.25, 0.3) is 0 Å². The average Bonchev–Trinajstić information content (AvgIpc) is 3.44. The lowest BCUT2D eigenvalue weighted by Gasteiger charge is -2.34. The van der Waals surface area contributed by atoms with Crippen molar-refractivity contribution in [2.45, 2.75) is 76.4 Å². The van der Waals surface area contributed by atoms with E-state index in [9.17, 15) is 18.0 Å². The van der Waals surface area contributed by atoms with Crippen LogP contribution in [0.2, 0.25) is 5.02 Å². The second kappa shape index (κ2) is 13.5. The highest BCUT2D eigenvalue weighted by atomic mass is 35.5. The number of carbonyl (C=O) groups excluding carboxylic acids is 2. The third-order valence-electron chi connectivity index (χ3n) is 7.51. The minimum atomic E-state index is -4.14. The van der Waals surface area contributed by atoms with Crippen LogP contribution in [-0.4, -0.2) is 43.8 Å². The van der Waals surface area contributed by atoms with Gasteiger partial charge in [0.25, 0.3) is 10.0 Å². The lowest BCUT2D eigenvalue weighted by atomic mass is 10.1. The van der Waals surface area contributed by atoms with E-state index in [-0.39, 0.29) is 29.1 Å². The van der Waals surface area contributed by atoms with Crippen molar-refractivity contribution < 1.29 is 18.0 Å². The van der Waals surface area contributed by atoms with Gasteiger partial charge < -0.3 is 10.2 Å². The van der Waals surface area contributed by atoms with Gasteiger partial charge in [-0.3, -0.25) is 13.9 Å². The Labute approximate surface area is 248 Å². The quantitative estimate of drug-likeness (QED) is 0.294. The molecule has 4 rings (SSSR count). The van der Waals surface area contributed by atoms with Crippen LogP contribution in [0.5, 0.6) is 0 Å². The van der Waals surface area contributed by atoms with Gasteiger partial charge in [0.15, 0.2) is 0 Å². The smallest absolute Gasteiger partial charge is 0.264 e. The number of benzene rings is 3. The molecule has 0 spiro atoms. The summed E-state index contributed by atoms with van der Waals surface area (Å²) in [5.74, 6) is -0.688. The second-order valence-corrected chi connectivity index (χ2v) is 13.0. The fourth-order valence-corrected chi connectivity index (χ4v) is 6.88. The molecule has 41 heavy (non-hydrogen) atoms. The van der Waals surface area contributed by atoms with E-state index in [0.29, 0.717) is 11.4 Å². The molecule has 0 aliphatic heterocycles. The Hall–Kier alpha value is -3.36. The molecule has 1 fully saturated rings. The lowest BCUT2D eigenvalue weighted by molar-refractivity contribution is -0.140. The van der Waals surface area contributed by atoms with Crippen molar-refractivity contribution in [2.24, 2.45) is 0 Å². The summed E-state index contributed by atoms with van der Waals surface area (Å²) in [5.41, 5.74) is 3.07. The molecule has 0 aromatic heterocycles. The molecule has 0 bridgehead atoms. The van der Waals surface area contributed by atoms with Crippen LogP contribution in [-0.2, 0) is 26.2 Å². The minimum absolute atomic E-state index is 0.0622. The highest BCUT2D eigenvalue weighted by Gasteiger charge is 2.34. The van der Waals surface area contributed by atoms with Crippen molar-refractivity contribution in [3.8, 4) is 0 Å². The number of halogens is 1. The van der Waals surface area contributed by atoms with Crippen LogP contribution in [0.4, 0.5) is 5.69 Å². The normalized spacial score (nSPS) is 14.4. The lowest BCUT2D eigenvalue weighted by Crippen LogP contribution is -2.53. The van der Waals surface area contributed by atoms with Gasteiger partial charge in [-0.1, -0.05) is 85.0 Å². The van der Waals surface area contributed by atoms with Crippen molar-refractivity contribution in [2.75, 3.05) is 10.8 Å². The number of carbonyl (C=O) groups is 2. The van der Waals surface area contributed by atoms with Crippen molar-refractivity contribution in [3.05, 3.63) is 94.5 Å². The SMILES string of the molecule is CC[C@H](C(=O)NC1CCCC1)N(Cc1cccc(C)c1)C(=O)CN(c1cccc(Cl)c1)S(=O)(=O)c1ccc(C)cc1. The zero-order chi connectivity index (χ0) is 29.6. The highest BCUT2D eigenvalue weighted by Crippen LogP contribution is 2.27. The maximum Gasteiger partial charge on any atom is 0.264 e. The summed E-state index contributed by atoms with van der Waals surface area (Å²) in [6.07, 6.45) is 4.37. The number of nitrogens with zero attached hydrogens (tertiary/aromatic N) is 2. The molecule has 0 saturated heterocycles. The molecule has 7 nitrogen and oxygen atoms in total. The summed E-state index contributed by atoms with van der Waals surface area (Å²) >= 11 is 6.25. The summed E-state index contributed by atoms with van der Waals surface area (Å²) < 4.78 is 29.0. The molecule has 0 radical (unpaired) electrons. The number of anilines is 1. The van der Waals surface area contributed by atoms with Crippen molar-refractivity contribution in [3.63, 3.8) is 0 Å². The highest BCUT2D eigenvalue weighted by molar-refractivity contribution is 7.92. The molecule has 1 N–H and O–H groups in total. The molecule has 0 unspecified atom stereocenters. The molecular formula is C32H38ClN3O4S. The van der Waals surface area contributed by atoms with Crippen LogP contribution in [0.15, 0.2) is 77.7 Å². The standard InChI is InChI=1S/C32H38ClN3O4S/c1-4-30(32(38)34-27-12-5-6-13-27)35(21-25-10-7-9-24(3)19-25)31(37)22-36(28-14-8-11-26(33)20-28)41(39,40)29-17-15-23(2)16-18-29/h7-11,14-20,27,30H,4-6,12-13,21-22H2,1-3H3,(H,34,38)/t30-/m1/s1. The Morgan fingerprint density at radius 2 is 1.63 bits per heavy atom. The monoisotopic (exact) mass is 595 g/mol. The first-order valence-electron chi connectivity index (χ1n) is 14.1. The Morgan fingerprint density at radius 1 is 0.951 bits per heavy atom. The van der Waals surface area contributed by atoms with Gasteiger partial charge in [-0.15, -0.1) is 0 Å². The van der Waals surface area contributed by atoms with Gasteiger partial charge in [-0.25, -0.2) is 8.42 Å². The van der Waals surface area contributed by atoms with Gasteiger partial charge in [0, 0.05) is 17.6 Å². The molecule has 1 aliphatic carbocycles. The van der Waals surface area contributed by atoms with E-state index in [1.807, 2.05) is 45.0 Å². The molecule has 2 amide bonds. The third-order valence-corrected chi connectivity index (χ3v) is 9.53. The third kappa shape index (κ3) is 7.68. The number of amides is 2. The van der Waals surface area contributed by atoms with Crippen LogP contribution >= 0.6 is 11.6 Å². The Balaban J connectivity index is 1.71. The van der Waals surface area contributed by atoms with Crippen LogP contribution in [0.1, 0.15) is 55.7 Å². The number of aryl methyl sites for hydroxylation is 2. The van der Waals surface area contributed by atoms with E-state index in [2.05, 4.69) is 5.32 Å². The van der Waals surface area contributed by atoms with E-state index >= 15 is 0 Å². The molecule has 3 aromatic rings. The Bertz CT molecular complexity index is 1470. The van der Waals surface area contributed by atoms with Gasteiger partial charge in [-0.05, 0) is 69.0 Å². The van der Waals surface area contributed by atoms with E-state index in [1.165, 1.54) is 23.1 Å². The van der Waals surface area contributed by atoms with E-state index in [0.717, 1.165) is 46.7 Å². The van der Waals surface area contributed by atoms with Crippen molar-refractivity contribution in [1.29, 1.82) is 0 Å². The predicted molar refractivity (Wildman–Crippen MR) is 163 cm³/mol. The first-order valence-corrected chi connectivity index (χ1v) is 15.9. The van der Waals surface area contributed by atoms with Crippen LogP contribution < -0.4 is 9.62 Å². The maximum atomic E-state index is 14.2. The van der Waals surface area contributed by atoms with E-state index in [1.54, 1.807) is 30.3 Å². The summed E-state index contributed by atoms with van der Waals surface area (Å²) in [6, 6.07) is 20.0. The largest absolute Gasteiger partial charge is 0.352 e. The van der Waals surface area contributed by atoms with Crippen molar-refractivity contribution in [1.82, 2.24) is 10.2 Å². The van der Waals surface area contributed by atoms with Crippen LogP contribution in [0, 0.1) is 13.8 Å². The minimum Gasteiger partial charge on any atom is -0.352 e. The number of rotatable bonds is 11. The number of sulfonamides is 1. The molecule has 1 atom stereocenters. The van der Waals surface area contributed by atoms with Gasteiger partial charge in [0.1, 0.15) is 12.6 Å². The van der Waals surface area contributed by atoms with Gasteiger partial charge in [0.2, 0.25) is 11.8 Å². The zero-order valence-corrected chi connectivity index (χ0v) is 25.4. The summed E-state index contributed by atoms with van der Waals surface area (Å²) in [5, 5.41) is 3.48. The summed E-state index contributed by atoms with van der Waals surface area (Å²) in [7, 11) is -4.14. The summed E-state index contributed by atoms with van der Waals surface area (Å²) in [4.78, 5) is 29.3. The molecule has 9 heteroatoms. The Kier molecular flexibility index (Phi) is 10.1. The van der Waals surface area contributed by atoms with E-state index in [4.69, 9.17) is 11.6 Å². The topological polar surface area (TPSA) is 86.8 Å². The molecule has 1 saturated carbocycles. The molecule has 218 valence electrons. The predicted octanol–water partition coefficient (Wildman–Crippen LogP) is 6.02. The van der Waals surface area contributed by atoms with Gasteiger partial charge in [-0.2, -0.15) is 0 Å². The van der Waals surface area contributed by atoms with Gasteiger partial charge >= 0.3 is 0 Å². The fourth-order valence-electron chi connectivity index (χ4n) is 5.29. The number of nitrogens with one attached hydrogen (secondary N) is 1. The Morgan fingerprint density at radius 3 is 2.27 bits per heavy atom. The summed E-state index contributed by atoms with van der Waals surface area (Å²) in [6.45, 7) is 5.39. The molecule has 0 heterocycles. The van der Waals surface area contributed by atoms with E-state index < -0.39 is 28.5 Å². The number of hydrogen-bond acceptors (Lipinski definition) is 4. The first-order chi connectivity index (χ1) is 19.6. The van der Waals surface area contributed by atoms with Gasteiger partial charge in [0.05, 0.1) is 10.6 Å². The van der Waals surface area contributed by atoms with Crippen LogP contribution in [0.3, 0.4) is 0 Å². The molecule has 3 aromatic carbocycles. The van der Waals surface area contributed by atoms with Crippen molar-refractivity contribution >= 4 is 39.1 Å². The zero-order valence-electron chi connectivity index (χ0n) is 23.8. The fraction of sp³-hybridized carbons (Fsp3) is 0.375. The second-order valence-electron chi connectivity index (χ2n) is 10.7. The first kappa shape index (κ1) is 30.6. The average molecular weight is 596 g/mol. The molecule has 1 aliphatic rings. The number of hydrogen-bond donors (Lipinski definition) is 1. The maximum absolute atomic E-state index is 14.2. The molecular weight excluding hydrogens is 558 g/mol.